The van der Waals surface area contributed by atoms with Crippen molar-refractivity contribution < 1.29 is 4.39 Å². The lowest BCUT2D eigenvalue weighted by molar-refractivity contribution is 0.254. The Hall–Kier alpha value is -2.74. The normalized spacial score (nSPS) is 15.4. The van der Waals surface area contributed by atoms with E-state index in [-0.39, 0.29) is 5.82 Å². The van der Waals surface area contributed by atoms with E-state index in [0.29, 0.717) is 6.54 Å². The monoisotopic (exact) mass is 399 g/mol. The minimum atomic E-state index is -0.192. The number of rotatable bonds is 8. The van der Waals surface area contributed by atoms with Crippen molar-refractivity contribution in [2.75, 3.05) is 57.8 Å². The summed E-state index contributed by atoms with van der Waals surface area (Å²) in [7, 11) is 1.77. The molecule has 0 radical (unpaired) electrons. The molecule has 7 nitrogen and oxygen atoms in total. The molecule has 8 heteroatoms. The Labute approximate surface area is 172 Å². The van der Waals surface area contributed by atoms with Gasteiger partial charge in [0.25, 0.3) is 0 Å². The number of benzene rings is 1. The van der Waals surface area contributed by atoms with E-state index in [1.165, 1.54) is 6.07 Å². The Kier molecular flexibility index (Phi) is 8.18. The van der Waals surface area contributed by atoms with Crippen molar-refractivity contribution in [1.29, 1.82) is 0 Å². The van der Waals surface area contributed by atoms with E-state index in [2.05, 4.69) is 35.4 Å². The van der Waals surface area contributed by atoms with Crippen LogP contribution in [0.2, 0.25) is 0 Å². The van der Waals surface area contributed by atoms with Crippen LogP contribution in [0.3, 0.4) is 0 Å². The topological polar surface area (TPSA) is 68.7 Å². The van der Waals surface area contributed by atoms with Crippen LogP contribution in [-0.4, -0.2) is 73.7 Å². The lowest BCUT2D eigenvalue weighted by Gasteiger charge is -2.34. The fourth-order valence-electron chi connectivity index (χ4n) is 3.37. The molecule has 156 valence electrons. The summed E-state index contributed by atoms with van der Waals surface area (Å²) in [5.41, 5.74) is 0.980. The Balaban J connectivity index is 1.27. The highest BCUT2D eigenvalue weighted by Gasteiger charge is 2.18. The van der Waals surface area contributed by atoms with E-state index in [1.807, 2.05) is 12.1 Å². The summed E-state index contributed by atoms with van der Waals surface area (Å²) >= 11 is 0. The Bertz CT molecular complexity index is 761. The van der Waals surface area contributed by atoms with Gasteiger partial charge in [-0.05, 0) is 43.1 Å². The van der Waals surface area contributed by atoms with Crippen molar-refractivity contribution in [3.63, 3.8) is 0 Å². The summed E-state index contributed by atoms with van der Waals surface area (Å²) in [6, 6.07) is 8.56. The van der Waals surface area contributed by atoms with Gasteiger partial charge in [0.15, 0.2) is 5.96 Å². The van der Waals surface area contributed by atoms with E-state index in [0.717, 1.165) is 69.6 Å². The number of hydrogen-bond donors (Lipinski definition) is 2. The van der Waals surface area contributed by atoms with Crippen LogP contribution >= 0.6 is 0 Å². The first-order valence-electron chi connectivity index (χ1n) is 10.2. The highest BCUT2D eigenvalue weighted by atomic mass is 19.1. The van der Waals surface area contributed by atoms with Crippen molar-refractivity contribution in [3.8, 4) is 0 Å². The fourth-order valence-corrected chi connectivity index (χ4v) is 3.37. The summed E-state index contributed by atoms with van der Waals surface area (Å²) in [5.74, 6) is 1.41. The average molecular weight is 400 g/mol. The van der Waals surface area contributed by atoms with Gasteiger partial charge >= 0.3 is 0 Å². The lowest BCUT2D eigenvalue weighted by Crippen LogP contribution is -2.47. The van der Waals surface area contributed by atoms with Gasteiger partial charge in [-0.15, -0.1) is 0 Å². The summed E-state index contributed by atoms with van der Waals surface area (Å²) in [5, 5.41) is 6.63. The first-order valence-corrected chi connectivity index (χ1v) is 10.2. The molecular formula is C21H30FN7. The highest BCUT2D eigenvalue weighted by molar-refractivity contribution is 5.79. The molecule has 1 aromatic heterocycles. The van der Waals surface area contributed by atoms with Crippen molar-refractivity contribution in [2.45, 2.75) is 12.8 Å². The molecule has 0 saturated carbocycles. The van der Waals surface area contributed by atoms with Gasteiger partial charge in [-0.25, -0.2) is 14.4 Å². The largest absolute Gasteiger partial charge is 0.356 e. The molecule has 0 atom stereocenters. The molecule has 2 aromatic rings. The maximum absolute atomic E-state index is 13.2. The Morgan fingerprint density at radius 2 is 1.83 bits per heavy atom. The van der Waals surface area contributed by atoms with Gasteiger partial charge < -0.3 is 15.5 Å². The smallest absolute Gasteiger partial charge is 0.225 e. The lowest BCUT2D eigenvalue weighted by atomic mass is 10.1. The third-order valence-corrected chi connectivity index (χ3v) is 4.97. The standard InChI is InChI=1S/C21H30FN7/c1-23-20(25-11-7-18-5-2-6-19(22)17-18)24-10-4-12-28-13-15-29(16-14-28)21-26-8-3-9-27-21/h2-3,5-6,8-9,17H,4,7,10-16H2,1H3,(H2,23,24,25). The van der Waals surface area contributed by atoms with Crippen LogP contribution in [0.5, 0.6) is 0 Å². The zero-order chi connectivity index (χ0) is 20.3. The minimum Gasteiger partial charge on any atom is -0.356 e. The number of hydrogen-bond acceptors (Lipinski definition) is 5. The van der Waals surface area contributed by atoms with Crippen LogP contribution in [0.4, 0.5) is 10.3 Å². The third kappa shape index (κ3) is 6.98. The SMILES string of the molecule is CN=C(NCCCN1CCN(c2ncccn2)CC1)NCCc1cccc(F)c1. The third-order valence-electron chi connectivity index (χ3n) is 4.97. The van der Waals surface area contributed by atoms with E-state index >= 15 is 0 Å². The molecule has 0 unspecified atom stereocenters. The van der Waals surface area contributed by atoms with Crippen molar-refractivity contribution in [2.24, 2.45) is 4.99 Å². The molecule has 1 aliphatic rings. The Morgan fingerprint density at radius 1 is 1.07 bits per heavy atom. The van der Waals surface area contributed by atoms with Gasteiger partial charge in [-0.2, -0.15) is 0 Å². The number of halogens is 1. The summed E-state index contributed by atoms with van der Waals surface area (Å²) in [6.07, 6.45) is 5.39. The quantitative estimate of drug-likeness (QED) is 0.399. The van der Waals surface area contributed by atoms with E-state index in [4.69, 9.17) is 0 Å². The molecule has 1 aromatic carbocycles. The van der Waals surface area contributed by atoms with Crippen molar-refractivity contribution in [3.05, 3.63) is 54.1 Å². The van der Waals surface area contributed by atoms with Gasteiger partial charge in [-0.3, -0.25) is 9.89 Å². The van der Waals surface area contributed by atoms with E-state index < -0.39 is 0 Å². The predicted octanol–water partition coefficient (Wildman–Crippen LogP) is 1.54. The average Bonchev–Trinajstić information content (AvgIpc) is 2.76. The van der Waals surface area contributed by atoms with Gasteiger partial charge in [0, 0.05) is 58.7 Å². The summed E-state index contributed by atoms with van der Waals surface area (Å²) in [6.45, 7) is 6.60. The number of guanidine groups is 1. The zero-order valence-electron chi connectivity index (χ0n) is 17.0. The van der Waals surface area contributed by atoms with Crippen LogP contribution in [0.15, 0.2) is 47.7 Å². The predicted molar refractivity (Wildman–Crippen MR) is 115 cm³/mol. The zero-order valence-corrected chi connectivity index (χ0v) is 17.0. The molecule has 29 heavy (non-hydrogen) atoms. The number of nitrogens with one attached hydrogen (secondary N) is 2. The maximum Gasteiger partial charge on any atom is 0.225 e. The van der Waals surface area contributed by atoms with Crippen LogP contribution in [0.25, 0.3) is 0 Å². The second kappa shape index (κ2) is 11.3. The fraction of sp³-hybridized carbons (Fsp3) is 0.476. The van der Waals surface area contributed by atoms with E-state index in [9.17, 15) is 4.39 Å². The Morgan fingerprint density at radius 3 is 2.55 bits per heavy atom. The van der Waals surface area contributed by atoms with Gasteiger partial charge in [0.05, 0.1) is 0 Å². The maximum atomic E-state index is 13.2. The van der Waals surface area contributed by atoms with Crippen LogP contribution in [0.1, 0.15) is 12.0 Å². The molecule has 0 amide bonds. The van der Waals surface area contributed by atoms with Gasteiger partial charge in [-0.1, -0.05) is 12.1 Å². The molecule has 0 aliphatic carbocycles. The number of piperazine rings is 1. The first kappa shape index (κ1) is 21.0. The van der Waals surface area contributed by atoms with E-state index in [1.54, 1.807) is 31.6 Å². The second-order valence-corrected chi connectivity index (χ2v) is 7.04. The molecule has 2 N–H and O–H groups in total. The molecule has 2 heterocycles. The second-order valence-electron chi connectivity index (χ2n) is 7.04. The number of anilines is 1. The molecule has 1 aliphatic heterocycles. The van der Waals surface area contributed by atoms with Crippen LogP contribution < -0.4 is 15.5 Å². The van der Waals surface area contributed by atoms with Crippen LogP contribution in [-0.2, 0) is 6.42 Å². The highest BCUT2D eigenvalue weighted by Crippen LogP contribution is 2.09. The molecule has 0 bridgehead atoms. The molecule has 3 rings (SSSR count). The number of nitrogens with zero attached hydrogens (tertiary/aromatic N) is 5. The molecule has 1 saturated heterocycles. The molecular weight excluding hydrogens is 369 g/mol. The molecule has 0 spiro atoms. The number of aromatic nitrogens is 2. The van der Waals surface area contributed by atoms with Gasteiger partial charge in [0.2, 0.25) is 5.95 Å². The summed E-state index contributed by atoms with van der Waals surface area (Å²) in [4.78, 5) is 17.6. The van der Waals surface area contributed by atoms with Gasteiger partial charge in [0.1, 0.15) is 5.82 Å². The molecule has 1 fully saturated rings. The van der Waals surface area contributed by atoms with Crippen molar-refractivity contribution in [1.82, 2.24) is 25.5 Å². The minimum absolute atomic E-state index is 0.192. The van der Waals surface area contributed by atoms with Crippen LogP contribution in [0, 0.1) is 5.82 Å². The first-order chi connectivity index (χ1) is 14.2. The summed E-state index contributed by atoms with van der Waals surface area (Å²) < 4.78 is 13.2. The van der Waals surface area contributed by atoms with Crippen molar-refractivity contribution >= 4 is 11.9 Å². The number of aliphatic imine (C=N–C) groups is 1.